The van der Waals surface area contributed by atoms with Crippen molar-refractivity contribution in [1.82, 2.24) is 0 Å². The van der Waals surface area contributed by atoms with Crippen LogP contribution in [0.4, 0.5) is 22.0 Å². The quantitative estimate of drug-likeness (QED) is 0.567. The Morgan fingerprint density at radius 1 is 1.04 bits per heavy atom. The molecule has 0 radical (unpaired) electrons. The molecule has 0 spiro atoms. The smallest absolute Gasteiger partial charge is 0.374 e. The second-order valence-electron chi connectivity index (χ2n) is 7.88. The van der Waals surface area contributed by atoms with Crippen LogP contribution in [0, 0.1) is 23.7 Å². The second-order valence-corrected chi connectivity index (χ2v) is 9.37. The van der Waals surface area contributed by atoms with E-state index in [1.807, 2.05) is 0 Å². The van der Waals surface area contributed by atoms with Crippen molar-refractivity contribution < 1.29 is 39.7 Å². The fourth-order valence-corrected chi connectivity index (χ4v) is 5.65. The van der Waals surface area contributed by atoms with Crippen LogP contribution in [0.2, 0.25) is 0 Å². The Bertz CT molecular complexity index is 604. The molecule has 3 unspecified atom stereocenters. The first-order chi connectivity index (χ1) is 11.3. The lowest BCUT2D eigenvalue weighted by Crippen LogP contribution is -2.50. The largest absolute Gasteiger partial charge is 0.401 e. The highest BCUT2D eigenvalue weighted by molar-refractivity contribution is 7.86. The standard InChI is InChI=1S/C15H21F5O4S/c16-14(17,18)12(15(19,20)25(21,22)23)8-24-13-2-1-9-3-10(6-13)5-11(4-9)7-13/h9-12H,1-8H2,(H,21,22,23). The third kappa shape index (κ3) is 3.66. The highest BCUT2D eigenvalue weighted by atomic mass is 32.2. The number of hydrogen-bond acceptors (Lipinski definition) is 3. The third-order valence-corrected chi connectivity index (χ3v) is 7.00. The predicted octanol–water partition coefficient (Wildman–Crippen LogP) is 4.02. The third-order valence-electron chi connectivity index (χ3n) is 6.03. The average Bonchev–Trinajstić information content (AvgIpc) is 2.60. The van der Waals surface area contributed by atoms with Gasteiger partial charge in [-0.1, -0.05) is 0 Å². The zero-order valence-corrected chi connectivity index (χ0v) is 14.3. The summed E-state index contributed by atoms with van der Waals surface area (Å²) in [7, 11) is -6.20. The summed E-state index contributed by atoms with van der Waals surface area (Å²) < 4.78 is 102. The zero-order valence-electron chi connectivity index (χ0n) is 13.4. The van der Waals surface area contributed by atoms with Crippen molar-refractivity contribution in [3.63, 3.8) is 0 Å². The summed E-state index contributed by atoms with van der Waals surface area (Å²) in [4.78, 5) is 0. The van der Waals surface area contributed by atoms with Crippen LogP contribution in [0.5, 0.6) is 0 Å². The maximum Gasteiger partial charge on any atom is 0.401 e. The van der Waals surface area contributed by atoms with Gasteiger partial charge in [-0.05, 0) is 62.7 Å². The van der Waals surface area contributed by atoms with E-state index >= 15 is 0 Å². The molecular weight excluding hydrogens is 371 g/mol. The molecule has 4 nitrogen and oxygen atoms in total. The van der Waals surface area contributed by atoms with Gasteiger partial charge in [0.25, 0.3) is 0 Å². The van der Waals surface area contributed by atoms with Crippen LogP contribution in [-0.4, -0.2) is 36.6 Å². The molecule has 4 bridgehead atoms. The fraction of sp³-hybridized carbons (Fsp3) is 1.00. The molecule has 0 aliphatic heterocycles. The van der Waals surface area contributed by atoms with Gasteiger partial charge in [0, 0.05) is 0 Å². The van der Waals surface area contributed by atoms with Crippen LogP contribution in [-0.2, 0) is 14.9 Å². The normalized spacial score (nSPS) is 37.1. The molecular formula is C15H21F5O4S. The molecule has 0 amide bonds. The van der Waals surface area contributed by atoms with E-state index in [4.69, 9.17) is 9.29 Å². The van der Waals surface area contributed by atoms with Gasteiger partial charge in [0.15, 0.2) is 5.92 Å². The van der Waals surface area contributed by atoms with E-state index in [-0.39, 0.29) is 0 Å². The first kappa shape index (κ1) is 19.3. The Balaban J connectivity index is 1.80. The molecule has 25 heavy (non-hydrogen) atoms. The van der Waals surface area contributed by atoms with Crippen LogP contribution in [0.1, 0.15) is 44.9 Å². The number of alkyl halides is 5. The Kier molecular flexibility index (Phi) is 4.64. The van der Waals surface area contributed by atoms with Gasteiger partial charge in [0.05, 0.1) is 12.2 Å². The van der Waals surface area contributed by atoms with Crippen molar-refractivity contribution in [2.75, 3.05) is 6.61 Å². The van der Waals surface area contributed by atoms with Crippen LogP contribution in [0.3, 0.4) is 0 Å². The summed E-state index contributed by atoms with van der Waals surface area (Å²) >= 11 is 0. The number of ether oxygens (including phenoxy) is 1. The van der Waals surface area contributed by atoms with Crippen molar-refractivity contribution in [3.05, 3.63) is 0 Å². The Morgan fingerprint density at radius 2 is 1.56 bits per heavy atom. The summed E-state index contributed by atoms with van der Waals surface area (Å²) in [6.45, 7) is -1.47. The molecule has 0 aromatic heterocycles. The van der Waals surface area contributed by atoms with E-state index in [9.17, 15) is 30.4 Å². The lowest BCUT2D eigenvalue weighted by Gasteiger charge is -2.45. The summed E-state index contributed by atoms with van der Waals surface area (Å²) in [5.74, 6) is -2.43. The minimum Gasteiger partial charge on any atom is -0.374 e. The SMILES string of the molecule is O=S(=O)(O)C(F)(F)C(COC12CCC3CC(CC(C3)C1)C2)C(F)(F)F. The summed E-state index contributed by atoms with van der Waals surface area (Å²) in [6, 6.07) is 0. The van der Waals surface area contributed by atoms with Crippen LogP contribution < -0.4 is 0 Å². The number of hydrogen-bond donors (Lipinski definition) is 1. The summed E-state index contributed by atoms with van der Waals surface area (Å²) in [5.41, 5.74) is -0.891. The highest BCUT2D eigenvalue weighted by Gasteiger charge is 2.64. The Hall–Kier alpha value is -0.480. The molecule has 10 heteroatoms. The van der Waals surface area contributed by atoms with E-state index < -0.39 is 39.7 Å². The van der Waals surface area contributed by atoms with Gasteiger partial charge in [-0.25, -0.2) is 0 Å². The molecule has 1 N–H and O–H groups in total. The van der Waals surface area contributed by atoms with E-state index in [0.717, 1.165) is 25.7 Å². The number of fused-ring (bicyclic) bond motifs is 1. The minimum atomic E-state index is -6.20. The van der Waals surface area contributed by atoms with E-state index in [2.05, 4.69) is 0 Å². The number of halogens is 5. The van der Waals surface area contributed by atoms with Crippen molar-refractivity contribution in [3.8, 4) is 0 Å². The summed E-state index contributed by atoms with van der Waals surface area (Å²) in [5, 5.41) is -5.34. The van der Waals surface area contributed by atoms with Gasteiger partial charge in [0.1, 0.15) is 0 Å². The van der Waals surface area contributed by atoms with Gasteiger partial charge in [0.2, 0.25) is 0 Å². The second kappa shape index (κ2) is 6.02. The minimum absolute atomic E-state index is 0.325. The zero-order chi connectivity index (χ0) is 18.7. The van der Waals surface area contributed by atoms with E-state index in [1.165, 1.54) is 0 Å². The topological polar surface area (TPSA) is 63.6 Å². The molecule has 4 aliphatic carbocycles. The highest BCUT2D eigenvalue weighted by Crippen LogP contribution is 2.55. The lowest BCUT2D eigenvalue weighted by atomic mass is 9.66. The molecule has 0 aromatic rings. The number of rotatable bonds is 5. The molecule has 146 valence electrons. The molecule has 4 rings (SSSR count). The van der Waals surface area contributed by atoms with Crippen molar-refractivity contribution >= 4 is 10.1 Å². The van der Waals surface area contributed by atoms with Crippen molar-refractivity contribution in [2.45, 2.75) is 62.0 Å². The van der Waals surface area contributed by atoms with Crippen LogP contribution in [0.15, 0.2) is 0 Å². The van der Waals surface area contributed by atoms with Gasteiger partial charge in [-0.15, -0.1) is 0 Å². The van der Waals surface area contributed by atoms with E-state index in [1.54, 1.807) is 0 Å². The van der Waals surface area contributed by atoms with Gasteiger partial charge in [-0.2, -0.15) is 30.4 Å². The van der Waals surface area contributed by atoms with Crippen molar-refractivity contribution in [1.29, 1.82) is 0 Å². The molecule has 0 heterocycles. The molecule has 0 saturated heterocycles. The molecule has 4 fully saturated rings. The molecule has 3 atom stereocenters. The maximum absolute atomic E-state index is 13.7. The summed E-state index contributed by atoms with van der Waals surface area (Å²) in [6.07, 6.45) is -0.186. The van der Waals surface area contributed by atoms with Crippen LogP contribution >= 0.6 is 0 Å². The predicted molar refractivity (Wildman–Crippen MR) is 77.5 cm³/mol. The average molecular weight is 392 g/mol. The van der Waals surface area contributed by atoms with Gasteiger partial charge >= 0.3 is 21.5 Å². The van der Waals surface area contributed by atoms with E-state index in [0.29, 0.717) is 37.0 Å². The van der Waals surface area contributed by atoms with Crippen molar-refractivity contribution in [2.24, 2.45) is 23.7 Å². The first-order valence-electron chi connectivity index (χ1n) is 8.38. The van der Waals surface area contributed by atoms with Crippen LogP contribution in [0.25, 0.3) is 0 Å². The first-order valence-corrected chi connectivity index (χ1v) is 9.82. The Morgan fingerprint density at radius 3 is 2.04 bits per heavy atom. The fourth-order valence-electron chi connectivity index (χ4n) is 5.09. The Labute approximate surface area is 142 Å². The molecule has 4 aliphatic rings. The maximum atomic E-state index is 13.7. The molecule has 4 saturated carbocycles. The monoisotopic (exact) mass is 392 g/mol. The van der Waals surface area contributed by atoms with Gasteiger partial charge in [-0.3, -0.25) is 4.55 Å². The lowest BCUT2D eigenvalue weighted by molar-refractivity contribution is -0.246. The molecule has 0 aromatic carbocycles. The van der Waals surface area contributed by atoms with Gasteiger partial charge < -0.3 is 4.74 Å².